The zero-order valence-corrected chi connectivity index (χ0v) is 17.8. The third-order valence-corrected chi connectivity index (χ3v) is 5.00. The van der Waals surface area contributed by atoms with Gasteiger partial charge in [0.05, 0.1) is 13.2 Å². The SMILES string of the molecule is COc1ccnc(C(=O)N[C@@H](C)C(=O)O[C@H](C(C)C)[C@H](C)OCCC2CC2)c1O. The van der Waals surface area contributed by atoms with E-state index in [0.717, 1.165) is 12.3 Å². The predicted molar refractivity (Wildman–Crippen MR) is 107 cm³/mol. The van der Waals surface area contributed by atoms with Crippen molar-refractivity contribution in [1.82, 2.24) is 10.3 Å². The third-order valence-electron chi connectivity index (χ3n) is 5.00. The summed E-state index contributed by atoms with van der Waals surface area (Å²) in [5.41, 5.74) is -0.221. The Morgan fingerprint density at radius 3 is 2.55 bits per heavy atom. The van der Waals surface area contributed by atoms with Crippen LogP contribution in [0, 0.1) is 11.8 Å². The van der Waals surface area contributed by atoms with Gasteiger partial charge in [0.25, 0.3) is 5.91 Å². The molecule has 1 aromatic heterocycles. The summed E-state index contributed by atoms with van der Waals surface area (Å²) in [6, 6.07) is 0.511. The van der Waals surface area contributed by atoms with Crippen molar-refractivity contribution in [2.75, 3.05) is 13.7 Å². The number of hydrogen-bond acceptors (Lipinski definition) is 7. The number of aromatic nitrogens is 1. The molecule has 1 heterocycles. The minimum atomic E-state index is -0.921. The van der Waals surface area contributed by atoms with Gasteiger partial charge in [-0.3, -0.25) is 4.79 Å². The molecule has 1 aliphatic carbocycles. The monoisotopic (exact) mass is 408 g/mol. The number of pyridine rings is 1. The summed E-state index contributed by atoms with van der Waals surface area (Å²) in [5.74, 6) is -0.693. The number of ether oxygens (including phenoxy) is 3. The predicted octanol–water partition coefficient (Wildman–Crippen LogP) is 2.69. The van der Waals surface area contributed by atoms with E-state index in [2.05, 4.69) is 10.3 Å². The first kappa shape index (κ1) is 22.9. The second-order valence-corrected chi connectivity index (χ2v) is 7.86. The van der Waals surface area contributed by atoms with E-state index in [1.54, 1.807) is 0 Å². The van der Waals surface area contributed by atoms with Crippen LogP contribution in [0.1, 0.15) is 57.4 Å². The number of hydrogen-bond donors (Lipinski definition) is 2. The Labute approximate surface area is 171 Å². The molecule has 8 nitrogen and oxygen atoms in total. The molecule has 29 heavy (non-hydrogen) atoms. The normalized spacial score (nSPS) is 16.8. The standard InChI is InChI=1S/C21H32N2O6/c1-12(2)19(14(4)28-11-9-15-6-7-15)29-21(26)13(3)23-20(25)17-18(24)16(27-5)8-10-22-17/h8,10,12-15,19,24H,6-7,9,11H2,1-5H3,(H,23,25)/t13-,14-,19+/m0/s1. The van der Waals surface area contributed by atoms with Gasteiger partial charge in [0.2, 0.25) is 0 Å². The first-order valence-corrected chi connectivity index (χ1v) is 10.1. The van der Waals surface area contributed by atoms with E-state index in [4.69, 9.17) is 14.2 Å². The highest BCUT2D eigenvalue weighted by Gasteiger charge is 2.30. The number of nitrogens with zero attached hydrogens (tertiary/aromatic N) is 1. The van der Waals surface area contributed by atoms with Crippen LogP contribution in [0.5, 0.6) is 11.5 Å². The minimum absolute atomic E-state index is 0.0573. The summed E-state index contributed by atoms with van der Waals surface area (Å²) in [7, 11) is 1.37. The largest absolute Gasteiger partial charge is 0.503 e. The zero-order chi connectivity index (χ0) is 21.6. The minimum Gasteiger partial charge on any atom is -0.503 e. The topological polar surface area (TPSA) is 107 Å². The summed E-state index contributed by atoms with van der Waals surface area (Å²) in [6.45, 7) is 7.99. The van der Waals surface area contributed by atoms with Gasteiger partial charge in [-0.05, 0) is 32.1 Å². The molecule has 8 heteroatoms. The third kappa shape index (κ3) is 6.59. The van der Waals surface area contributed by atoms with Gasteiger partial charge in [-0.1, -0.05) is 26.7 Å². The van der Waals surface area contributed by atoms with Gasteiger partial charge in [0, 0.05) is 18.9 Å². The smallest absolute Gasteiger partial charge is 0.328 e. The van der Waals surface area contributed by atoms with Gasteiger partial charge in [-0.15, -0.1) is 0 Å². The van der Waals surface area contributed by atoms with Crippen molar-refractivity contribution in [1.29, 1.82) is 0 Å². The van der Waals surface area contributed by atoms with Crippen LogP contribution in [-0.2, 0) is 14.3 Å². The van der Waals surface area contributed by atoms with Gasteiger partial charge in [-0.2, -0.15) is 0 Å². The highest BCUT2D eigenvalue weighted by molar-refractivity contribution is 5.97. The number of carbonyl (C=O) groups is 2. The molecule has 162 valence electrons. The van der Waals surface area contributed by atoms with Crippen LogP contribution in [0.4, 0.5) is 0 Å². The lowest BCUT2D eigenvalue weighted by Gasteiger charge is -2.28. The molecule has 0 bridgehead atoms. The Bertz CT molecular complexity index is 704. The quantitative estimate of drug-likeness (QED) is 0.542. The Balaban J connectivity index is 1.92. The Hall–Kier alpha value is -2.35. The number of aromatic hydroxyl groups is 1. The molecule has 1 aromatic rings. The lowest BCUT2D eigenvalue weighted by atomic mass is 10.0. The summed E-state index contributed by atoms with van der Waals surface area (Å²) >= 11 is 0. The van der Waals surface area contributed by atoms with E-state index >= 15 is 0 Å². The second-order valence-electron chi connectivity index (χ2n) is 7.86. The molecular formula is C21H32N2O6. The first-order valence-electron chi connectivity index (χ1n) is 10.1. The van der Waals surface area contributed by atoms with Crippen LogP contribution >= 0.6 is 0 Å². The van der Waals surface area contributed by atoms with E-state index in [0.29, 0.717) is 6.61 Å². The van der Waals surface area contributed by atoms with Crippen molar-refractivity contribution < 1.29 is 28.9 Å². The molecule has 0 unspecified atom stereocenters. The fourth-order valence-corrected chi connectivity index (χ4v) is 3.02. The van der Waals surface area contributed by atoms with Gasteiger partial charge < -0.3 is 24.6 Å². The van der Waals surface area contributed by atoms with E-state index in [1.807, 2.05) is 20.8 Å². The van der Waals surface area contributed by atoms with E-state index in [1.165, 1.54) is 39.1 Å². The molecule has 0 aromatic carbocycles. The highest BCUT2D eigenvalue weighted by Crippen LogP contribution is 2.32. The van der Waals surface area contributed by atoms with Crippen molar-refractivity contribution >= 4 is 11.9 Å². The fourth-order valence-electron chi connectivity index (χ4n) is 3.02. The summed E-state index contributed by atoms with van der Waals surface area (Å²) in [6.07, 6.45) is 4.25. The Kier molecular flexibility index (Phi) is 8.25. The highest BCUT2D eigenvalue weighted by atomic mass is 16.6. The first-order chi connectivity index (χ1) is 13.7. The number of carbonyl (C=O) groups excluding carboxylic acids is 2. The number of amides is 1. The van der Waals surface area contributed by atoms with E-state index < -0.39 is 24.0 Å². The maximum absolute atomic E-state index is 12.5. The molecule has 2 rings (SSSR count). The maximum atomic E-state index is 12.5. The Morgan fingerprint density at radius 2 is 1.97 bits per heavy atom. The summed E-state index contributed by atoms with van der Waals surface area (Å²) in [5, 5.41) is 12.6. The lowest BCUT2D eigenvalue weighted by Crippen LogP contribution is -2.44. The van der Waals surface area contributed by atoms with Gasteiger partial charge >= 0.3 is 5.97 Å². The van der Waals surface area contributed by atoms with E-state index in [-0.39, 0.29) is 29.2 Å². The molecule has 1 aliphatic rings. The van der Waals surface area contributed by atoms with Gasteiger partial charge in [0.15, 0.2) is 17.2 Å². The second kappa shape index (κ2) is 10.4. The molecular weight excluding hydrogens is 376 g/mol. The number of nitrogens with one attached hydrogen (secondary N) is 1. The van der Waals surface area contributed by atoms with Crippen molar-refractivity contribution in [2.24, 2.45) is 11.8 Å². The molecule has 3 atom stereocenters. The van der Waals surface area contributed by atoms with Crippen molar-refractivity contribution in [3.8, 4) is 11.5 Å². The maximum Gasteiger partial charge on any atom is 0.328 e. The number of esters is 1. The lowest BCUT2D eigenvalue weighted by molar-refractivity contribution is -0.162. The van der Waals surface area contributed by atoms with Crippen molar-refractivity contribution in [3.05, 3.63) is 18.0 Å². The van der Waals surface area contributed by atoms with Crippen molar-refractivity contribution in [2.45, 2.75) is 65.2 Å². The van der Waals surface area contributed by atoms with Gasteiger partial charge in [-0.25, -0.2) is 9.78 Å². The molecule has 0 aliphatic heterocycles. The van der Waals surface area contributed by atoms with Crippen LogP contribution in [0.3, 0.4) is 0 Å². The molecule has 1 amide bonds. The zero-order valence-electron chi connectivity index (χ0n) is 17.8. The summed E-state index contributed by atoms with van der Waals surface area (Å²) < 4.78 is 16.5. The number of methoxy groups -OCH3 is 1. The summed E-state index contributed by atoms with van der Waals surface area (Å²) in [4.78, 5) is 28.8. The fraction of sp³-hybridized carbons (Fsp3) is 0.667. The van der Waals surface area contributed by atoms with Crippen LogP contribution in [-0.4, -0.2) is 53.9 Å². The molecule has 1 saturated carbocycles. The van der Waals surface area contributed by atoms with Crippen LogP contribution < -0.4 is 10.1 Å². The average molecular weight is 408 g/mol. The average Bonchev–Trinajstić information content (AvgIpc) is 3.49. The van der Waals surface area contributed by atoms with E-state index in [9.17, 15) is 14.7 Å². The Morgan fingerprint density at radius 1 is 1.28 bits per heavy atom. The molecule has 2 N–H and O–H groups in total. The van der Waals surface area contributed by atoms with Crippen LogP contribution in [0.2, 0.25) is 0 Å². The van der Waals surface area contributed by atoms with Crippen LogP contribution in [0.15, 0.2) is 12.3 Å². The molecule has 0 spiro atoms. The number of rotatable bonds is 11. The molecule has 0 saturated heterocycles. The van der Waals surface area contributed by atoms with Gasteiger partial charge in [0.1, 0.15) is 12.1 Å². The van der Waals surface area contributed by atoms with Crippen LogP contribution in [0.25, 0.3) is 0 Å². The molecule has 1 fully saturated rings. The van der Waals surface area contributed by atoms with Crippen molar-refractivity contribution in [3.63, 3.8) is 0 Å². The molecule has 0 radical (unpaired) electrons.